The van der Waals surface area contributed by atoms with Gasteiger partial charge in [0.1, 0.15) is 11.3 Å². The van der Waals surface area contributed by atoms with Crippen molar-refractivity contribution < 1.29 is 14.0 Å². The molecule has 0 aliphatic heterocycles. The molecule has 0 aliphatic carbocycles. The quantitative estimate of drug-likeness (QED) is 0.324. The summed E-state index contributed by atoms with van der Waals surface area (Å²) < 4.78 is 7.59. The number of furan rings is 1. The Morgan fingerprint density at radius 3 is 2.61 bits per heavy atom. The first-order valence-electron chi connectivity index (χ1n) is 8.39. The lowest BCUT2D eigenvalue weighted by molar-refractivity contribution is -0.137. The Balaban J connectivity index is 1.76. The summed E-state index contributed by atoms with van der Waals surface area (Å²) >= 11 is 0. The Morgan fingerprint density at radius 2 is 1.86 bits per heavy atom. The Morgan fingerprint density at radius 1 is 1.11 bits per heavy atom. The van der Waals surface area contributed by atoms with Crippen LogP contribution < -0.4 is 11.2 Å². The number of hydrogen-bond acceptors (Lipinski definition) is 5. The molecule has 0 saturated heterocycles. The molecule has 4 rings (SSSR count). The first-order valence-corrected chi connectivity index (χ1v) is 8.39. The molecule has 0 bridgehead atoms. The molecule has 2 aromatic carbocycles. The highest BCUT2D eigenvalue weighted by atomic mass is 16.3. The second-order valence-electron chi connectivity index (χ2n) is 5.93. The van der Waals surface area contributed by atoms with Gasteiger partial charge in [0.25, 0.3) is 0 Å². The number of nitrogens with two attached hydrogens (primary N) is 1. The lowest BCUT2D eigenvalue weighted by Gasteiger charge is -1.98. The number of primary amides is 1. The predicted octanol–water partition coefficient (Wildman–Crippen LogP) is 2.22. The van der Waals surface area contributed by atoms with Crippen molar-refractivity contribution in [3.8, 4) is 17.1 Å². The van der Waals surface area contributed by atoms with Gasteiger partial charge in [-0.25, -0.2) is 10.1 Å². The number of fused-ring (bicyclic) bond motifs is 1. The van der Waals surface area contributed by atoms with Crippen LogP contribution in [0.3, 0.4) is 0 Å². The fraction of sp³-hybridized carbons (Fsp3) is 0. The number of hydrogen-bond donors (Lipinski definition) is 2. The van der Waals surface area contributed by atoms with E-state index in [1.807, 2.05) is 60.7 Å². The molecule has 0 unspecified atom stereocenters. The van der Waals surface area contributed by atoms with Crippen LogP contribution in [0.4, 0.5) is 0 Å². The zero-order chi connectivity index (χ0) is 19.5. The highest BCUT2D eigenvalue weighted by molar-refractivity contribution is 6.34. The Bertz CT molecular complexity index is 1160. The van der Waals surface area contributed by atoms with Gasteiger partial charge in [-0.05, 0) is 24.3 Å². The van der Waals surface area contributed by atoms with Gasteiger partial charge in [0, 0.05) is 17.1 Å². The molecule has 2 amide bonds. The molecule has 0 radical (unpaired) electrons. The zero-order valence-corrected chi connectivity index (χ0v) is 14.6. The summed E-state index contributed by atoms with van der Waals surface area (Å²) in [6, 6.07) is 19.0. The Hall–Kier alpha value is -4.20. The van der Waals surface area contributed by atoms with Crippen molar-refractivity contribution in [2.24, 2.45) is 10.8 Å². The van der Waals surface area contributed by atoms with Crippen LogP contribution in [0.15, 0.2) is 76.4 Å². The van der Waals surface area contributed by atoms with Crippen LogP contribution in [0, 0.1) is 0 Å². The van der Waals surface area contributed by atoms with Gasteiger partial charge in [0.2, 0.25) is 0 Å². The third-order valence-corrected chi connectivity index (χ3v) is 4.02. The van der Waals surface area contributed by atoms with Crippen LogP contribution >= 0.6 is 0 Å². The van der Waals surface area contributed by atoms with Crippen molar-refractivity contribution >= 4 is 29.0 Å². The highest BCUT2D eigenvalue weighted by Crippen LogP contribution is 2.29. The van der Waals surface area contributed by atoms with Gasteiger partial charge in [0.15, 0.2) is 5.76 Å². The van der Waals surface area contributed by atoms with Gasteiger partial charge in [-0.2, -0.15) is 10.2 Å². The van der Waals surface area contributed by atoms with E-state index in [2.05, 4.69) is 15.6 Å². The second kappa shape index (κ2) is 7.20. The number of carbonyl (C=O) groups is 2. The molecule has 3 N–H and O–H groups in total. The average molecular weight is 373 g/mol. The lowest BCUT2D eigenvalue weighted by atomic mass is 10.2. The summed E-state index contributed by atoms with van der Waals surface area (Å²) in [4.78, 5) is 22.1. The standard InChI is InChI=1S/C20H15N5O3/c21-19(26)20(27)23-22-11-14-12-25(15-7-2-1-3-8-15)24-18(14)17-10-13-6-4-5-9-16(13)28-17/h1-12H,(H2,21,26)(H,23,27)/b22-11-. The van der Waals surface area contributed by atoms with E-state index in [0.29, 0.717) is 17.0 Å². The van der Waals surface area contributed by atoms with Crippen molar-refractivity contribution in [3.63, 3.8) is 0 Å². The maximum absolute atomic E-state index is 11.3. The molecular formula is C20H15N5O3. The summed E-state index contributed by atoms with van der Waals surface area (Å²) in [5.74, 6) is -1.56. The molecule has 4 aromatic rings. The molecule has 0 fully saturated rings. The molecule has 8 heteroatoms. The van der Waals surface area contributed by atoms with Crippen molar-refractivity contribution in [1.29, 1.82) is 0 Å². The number of hydrazone groups is 1. The fourth-order valence-electron chi connectivity index (χ4n) is 2.70. The van der Waals surface area contributed by atoms with Gasteiger partial charge in [0.05, 0.1) is 11.9 Å². The van der Waals surface area contributed by atoms with Crippen LogP contribution in [0.2, 0.25) is 0 Å². The molecule has 0 aliphatic rings. The molecule has 0 atom stereocenters. The fourth-order valence-corrected chi connectivity index (χ4v) is 2.70. The predicted molar refractivity (Wildman–Crippen MR) is 104 cm³/mol. The number of para-hydroxylation sites is 2. The first-order chi connectivity index (χ1) is 13.6. The van der Waals surface area contributed by atoms with E-state index in [9.17, 15) is 9.59 Å². The molecule has 2 heterocycles. The van der Waals surface area contributed by atoms with E-state index >= 15 is 0 Å². The van der Waals surface area contributed by atoms with Gasteiger partial charge in [-0.3, -0.25) is 9.59 Å². The topological polar surface area (TPSA) is 116 Å². The summed E-state index contributed by atoms with van der Waals surface area (Å²) in [7, 11) is 0. The summed E-state index contributed by atoms with van der Waals surface area (Å²) in [6.45, 7) is 0. The summed E-state index contributed by atoms with van der Waals surface area (Å²) in [6.07, 6.45) is 3.13. The van der Waals surface area contributed by atoms with Crippen molar-refractivity contribution in [2.75, 3.05) is 0 Å². The van der Waals surface area contributed by atoms with Gasteiger partial charge in [-0.15, -0.1) is 0 Å². The number of nitrogens with one attached hydrogen (secondary N) is 1. The summed E-state index contributed by atoms with van der Waals surface area (Å²) in [5.41, 5.74) is 9.69. The average Bonchev–Trinajstić information content (AvgIpc) is 3.32. The first kappa shape index (κ1) is 17.2. The Labute approximate surface area is 159 Å². The monoisotopic (exact) mass is 373 g/mol. The van der Waals surface area contributed by atoms with E-state index in [1.54, 1.807) is 10.9 Å². The number of aromatic nitrogens is 2. The molecule has 28 heavy (non-hydrogen) atoms. The molecule has 0 saturated carbocycles. The molecule has 8 nitrogen and oxygen atoms in total. The van der Waals surface area contributed by atoms with Crippen molar-refractivity contribution in [2.45, 2.75) is 0 Å². The minimum atomic E-state index is -1.12. The van der Waals surface area contributed by atoms with Crippen LogP contribution in [0.5, 0.6) is 0 Å². The molecule has 0 spiro atoms. The van der Waals surface area contributed by atoms with Crippen molar-refractivity contribution in [3.05, 3.63) is 72.4 Å². The number of benzene rings is 2. The van der Waals surface area contributed by atoms with E-state index in [4.69, 9.17) is 10.2 Å². The maximum atomic E-state index is 11.3. The van der Waals surface area contributed by atoms with E-state index < -0.39 is 11.8 Å². The largest absolute Gasteiger partial charge is 0.454 e. The van der Waals surface area contributed by atoms with E-state index in [1.165, 1.54) is 6.21 Å². The maximum Gasteiger partial charge on any atom is 0.329 e. The van der Waals surface area contributed by atoms with E-state index in [0.717, 1.165) is 16.7 Å². The normalized spacial score (nSPS) is 11.1. The SMILES string of the molecule is NC(=O)C(=O)N/N=C\c1cn(-c2ccccc2)nc1-c1cc2ccccc2o1. The third-order valence-electron chi connectivity index (χ3n) is 4.02. The minimum absolute atomic E-state index is 0.539. The zero-order valence-electron chi connectivity index (χ0n) is 14.6. The number of carbonyl (C=O) groups excluding carboxylic acids is 2. The van der Waals surface area contributed by atoms with Crippen LogP contribution in [0.1, 0.15) is 5.56 Å². The molecule has 2 aromatic heterocycles. The second-order valence-corrected chi connectivity index (χ2v) is 5.93. The van der Waals surface area contributed by atoms with Crippen LogP contribution in [0.25, 0.3) is 28.1 Å². The van der Waals surface area contributed by atoms with Crippen molar-refractivity contribution in [1.82, 2.24) is 15.2 Å². The van der Waals surface area contributed by atoms with Crippen LogP contribution in [-0.2, 0) is 9.59 Å². The van der Waals surface area contributed by atoms with Gasteiger partial charge in [-0.1, -0.05) is 36.4 Å². The Kier molecular flexibility index (Phi) is 4.43. The van der Waals surface area contributed by atoms with Gasteiger partial charge >= 0.3 is 11.8 Å². The smallest absolute Gasteiger partial charge is 0.329 e. The number of nitrogens with zero attached hydrogens (tertiary/aromatic N) is 3. The minimum Gasteiger partial charge on any atom is -0.454 e. The lowest BCUT2D eigenvalue weighted by Crippen LogP contribution is -2.32. The molecular weight excluding hydrogens is 358 g/mol. The third kappa shape index (κ3) is 3.38. The summed E-state index contributed by atoms with van der Waals surface area (Å²) in [5, 5.41) is 9.34. The van der Waals surface area contributed by atoms with E-state index in [-0.39, 0.29) is 0 Å². The highest BCUT2D eigenvalue weighted by Gasteiger charge is 2.16. The van der Waals surface area contributed by atoms with Gasteiger partial charge < -0.3 is 10.2 Å². The van der Waals surface area contributed by atoms with Crippen LogP contribution in [-0.4, -0.2) is 27.8 Å². The number of amides is 2. The number of rotatable bonds is 4. The molecule has 138 valence electrons.